The van der Waals surface area contributed by atoms with Gasteiger partial charge in [0.15, 0.2) is 0 Å². The molecule has 1 fully saturated rings. The molecule has 210 valence electrons. The van der Waals surface area contributed by atoms with Crippen LogP contribution in [0.25, 0.3) is 0 Å². The first-order chi connectivity index (χ1) is 17.5. The smallest absolute Gasteiger partial charge is 0.410 e. The highest BCUT2D eigenvalue weighted by atomic mass is 16.8. The molecule has 2 rings (SSSR count). The first kappa shape index (κ1) is 32.4. The van der Waals surface area contributed by atoms with Crippen LogP contribution in [-0.2, 0) is 35.0 Å². The quantitative estimate of drug-likeness (QED) is 0.279. The fourth-order valence-corrected chi connectivity index (χ4v) is 4.37. The molecule has 1 aliphatic carbocycles. The monoisotopic (exact) mass is 523 g/mol. The third kappa shape index (κ3) is 12.0. The Hall–Kier alpha value is -2.65. The van der Waals surface area contributed by atoms with Crippen molar-refractivity contribution in [1.29, 1.82) is 0 Å². The lowest BCUT2D eigenvalue weighted by molar-refractivity contribution is -0.253. The number of nitrogens with one attached hydrogen (secondary N) is 1. The summed E-state index contributed by atoms with van der Waals surface area (Å²) in [5.41, 5.74) is 1.28. The van der Waals surface area contributed by atoms with Crippen LogP contribution in [0.4, 0.5) is 4.79 Å². The number of hydrogen-bond donors (Lipinski definition) is 2. The van der Waals surface area contributed by atoms with Gasteiger partial charge < -0.3 is 29.4 Å². The average molecular weight is 524 g/mol. The zero-order valence-corrected chi connectivity index (χ0v) is 23.2. The fourth-order valence-electron chi connectivity index (χ4n) is 4.37. The van der Waals surface area contributed by atoms with E-state index >= 15 is 0 Å². The van der Waals surface area contributed by atoms with E-state index in [2.05, 4.69) is 17.4 Å². The summed E-state index contributed by atoms with van der Waals surface area (Å²) >= 11 is 0. The highest BCUT2D eigenvalue weighted by Gasteiger charge is 2.40. The Balaban J connectivity index is 0.00000159. The molecule has 0 aromatic heterocycles. The standard InChI is InChI=1S/C26H41NO6.C2H4O2/c1-6-30-25(5,31-7-2)23(28)32-22(20(3)4)33-24(29)27-19-26(16-12-9-13-17-26)18-21-14-10-8-11-15-21;1-2(3)4/h8,10-11,14-15,20,22H,6-7,9,12-13,16-19H2,1-5H3,(H,27,29);1H3,(H,3,4). The molecule has 1 atom stereocenters. The van der Waals surface area contributed by atoms with Gasteiger partial charge in [-0.25, -0.2) is 9.59 Å². The summed E-state index contributed by atoms with van der Waals surface area (Å²) in [6, 6.07) is 10.4. The zero-order valence-electron chi connectivity index (χ0n) is 23.2. The van der Waals surface area contributed by atoms with E-state index in [4.69, 9.17) is 28.8 Å². The third-order valence-electron chi connectivity index (χ3n) is 6.14. The maximum absolute atomic E-state index is 12.7. The van der Waals surface area contributed by atoms with Crippen LogP contribution in [0.2, 0.25) is 0 Å². The minimum Gasteiger partial charge on any atom is -0.481 e. The normalized spacial score (nSPS) is 15.6. The molecule has 1 aromatic rings. The van der Waals surface area contributed by atoms with Gasteiger partial charge in [0.1, 0.15) is 0 Å². The fraction of sp³-hybridized carbons (Fsp3) is 0.679. The number of carbonyl (C=O) groups is 3. The van der Waals surface area contributed by atoms with E-state index in [1.54, 1.807) is 13.8 Å². The molecular formula is C28H45NO8. The summed E-state index contributed by atoms with van der Waals surface area (Å²) in [5.74, 6) is -3.33. The summed E-state index contributed by atoms with van der Waals surface area (Å²) in [6.07, 6.45) is 4.94. The SMILES string of the molecule is CC(=O)O.CCOC(C)(OCC)C(=O)OC(OC(=O)NCC1(Cc2ccccc2)CCCCC1)C(C)C. The number of alkyl carbamates (subject to hydrolysis) is 1. The summed E-state index contributed by atoms with van der Waals surface area (Å²) < 4.78 is 21.9. The predicted molar refractivity (Wildman–Crippen MR) is 140 cm³/mol. The van der Waals surface area contributed by atoms with Crippen molar-refractivity contribution in [3.05, 3.63) is 35.9 Å². The van der Waals surface area contributed by atoms with E-state index in [-0.39, 0.29) is 24.5 Å². The van der Waals surface area contributed by atoms with Gasteiger partial charge in [0.25, 0.3) is 18.0 Å². The van der Waals surface area contributed by atoms with Crippen LogP contribution in [0.1, 0.15) is 79.2 Å². The number of ether oxygens (including phenoxy) is 4. The molecule has 9 heteroatoms. The van der Waals surface area contributed by atoms with Crippen molar-refractivity contribution in [3.8, 4) is 0 Å². The van der Waals surface area contributed by atoms with Gasteiger partial charge in [0.05, 0.1) is 0 Å². The van der Waals surface area contributed by atoms with Crippen LogP contribution >= 0.6 is 0 Å². The van der Waals surface area contributed by atoms with Crippen LogP contribution in [-0.4, -0.2) is 55.0 Å². The number of carboxylic acids is 1. The molecular weight excluding hydrogens is 478 g/mol. The molecule has 0 radical (unpaired) electrons. The van der Waals surface area contributed by atoms with Gasteiger partial charge in [0, 0.05) is 39.5 Å². The van der Waals surface area contributed by atoms with Gasteiger partial charge in [-0.3, -0.25) is 4.79 Å². The van der Waals surface area contributed by atoms with E-state index in [0.717, 1.165) is 39.0 Å². The van der Waals surface area contributed by atoms with Crippen LogP contribution in [0.3, 0.4) is 0 Å². The summed E-state index contributed by atoms with van der Waals surface area (Å²) in [6.45, 7) is 10.9. The molecule has 0 saturated heterocycles. The Labute approximate surface area is 221 Å². The maximum atomic E-state index is 12.7. The van der Waals surface area contributed by atoms with E-state index in [1.807, 2.05) is 32.0 Å². The number of hydrogen-bond acceptors (Lipinski definition) is 7. The summed E-state index contributed by atoms with van der Waals surface area (Å²) in [4.78, 5) is 34.4. The molecule has 2 N–H and O–H groups in total. The van der Waals surface area contributed by atoms with Gasteiger partial charge in [-0.15, -0.1) is 0 Å². The van der Waals surface area contributed by atoms with Crippen molar-refractivity contribution >= 4 is 18.0 Å². The van der Waals surface area contributed by atoms with Crippen LogP contribution in [0, 0.1) is 11.3 Å². The van der Waals surface area contributed by atoms with E-state index in [1.165, 1.54) is 18.9 Å². The number of aliphatic carboxylic acids is 1. The van der Waals surface area contributed by atoms with Gasteiger partial charge in [-0.05, 0) is 44.1 Å². The number of amides is 1. The molecule has 1 aromatic carbocycles. The highest BCUT2D eigenvalue weighted by Crippen LogP contribution is 2.38. The van der Waals surface area contributed by atoms with Crippen LogP contribution in [0.5, 0.6) is 0 Å². The summed E-state index contributed by atoms with van der Waals surface area (Å²) in [7, 11) is 0. The van der Waals surface area contributed by atoms with Gasteiger partial charge in [0.2, 0.25) is 0 Å². The van der Waals surface area contributed by atoms with Gasteiger partial charge >= 0.3 is 12.1 Å². The molecule has 9 nitrogen and oxygen atoms in total. The molecule has 0 aliphatic heterocycles. The molecule has 0 bridgehead atoms. The van der Waals surface area contributed by atoms with Crippen molar-refractivity contribution < 1.29 is 38.4 Å². The van der Waals surface area contributed by atoms with Crippen molar-refractivity contribution in [2.75, 3.05) is 19.8 Å². The van der Waals surface area contributed by atoms with Gasteiger partial charge in [-0.2, -0.15) is 0 Å². The van der Waals surface area contributed by atoms with Crippen molar-refractivity contribution in [3.63, 3.8) is 0 Å². The largest absolute Gasteiger partial charge is 0.481 e. The first-order valence-corrected chi connectivity index (χ1v) is 13.1. The average Bonchev–Trinajstić information content (AvgIpc) is 2.83. The maximum Gasteiger partial charge on any atom is 0.410 e. The predicted octanol–water partition coefficient (Wildman–Crippen LogP) is 5.31. The molecule has 37 heavy (non-hydrogen) atoms. The second-order valence-electron chi connectivity index (χ2n) is 9.83. The minimum absolute atomic E-state index is 0.00509. The van der Waals surface area contributed by atoms with Crippen LogP contribution < -0.4 is 5.32 Å². The number of benzene rings is 1. The second kappa shape index (κ2) is 16.2. The Morgan fingerprint density at radius 1 is 1.00 bits per heavy atom. The lowest BCUT2D eigenvalue weighted by atomic mass is 9.70. The topological polar surface area (TPSA) is 120 Å². The van der Waals surface area contributed by atoms with Crippen LogP contribution in [0.15, 0.2) is 30.3 Å². The Morgan fingerprint density at radius 3 is 2.03 bits per heavy atom. The number of carboxylic acid groups (broad SMARTS) is 1. The molecule has 1 aliphatic rings. The molecule has 0 heterocycles. The highest BCUT2D eigenvalue weighted by molar-refractivity contribution is 5.77. The van der Waals surface area contributed by atoms with Crippen molar-refractivity contribution in [1.82, 2.24) is 5.32 Å². The zero-order chi connectivity index (χ0) is 27.9. The van der Waals surface area contributed by atoms with Gasteiger partial charge in [-0.1, -0.05) is 63.4 Å². The number of rotatable bonds is 12. The van der Waals surface area contributed by atoms with Crippen molar-refractivity contribution in [2.45, 2.75) is 92.1 Å². The minimum atomic E-state index is -1.54. The molecule has 1 saturated carbocycles. The lowest BCUT2D eigenvalue weighted by Crippen LogP contribution is -2.47. The first-order valence-electron chi connectivity index (χ1n) is 13.1. The molecule has 1 unspecified atom stereocenters. The number of carbonyl (C=O) groups excluding carboxylic acids is 2. The van der Waals surface area contributed by atoms with E-state index < -0.39 is 30.1 Å². The Morgan fingerprint density at radius 2 is 1.54 bits per heavy atom. The van der Waals surface area contributed by atoms with Crippen molar-refractivity contribution in [2.24, 2.45) is 11.3 Å². The molecule has 1 amide bonds. The Kier molecular flexibility index (Phi) is 14.2. The second-order valence-corrected chi connectivity index (χ2v) is 9.83. The summed E-state index contributed by atoms with van der Waals surface area (Å²) in [5, 5.41) is 10.4. The molecule has 0 spiro atoms. The Bertz CT molecular complexity index is 811. The van der Waals surface area contributed by atoms with E-state index in [0.29, 0.717) is 6.54 Å². The number of esters is 1. The lowest BCUT2D eigenvalue weighted by Gasteiger charge is -2.38. The van der Waals surface area contributed by atoms with E-state index in [9.17, 15) is 9.59 Å². The third-order valence-corrected chi connectivity index (χ3v) is 6.14.